The molecule has 212 valence electrons. The number of fused-ring (bicyclic) bond motifs is 1. The Kier molecular flexibility index (Phi) is 9.68. The Morgan fingerprint density at radius 1 is 0.650 bits per heavy atom. The van der Waals surface area contributed by atoms with Gasteiger partial charge < -0.3 is 9.47 Å². The first kappa shape index (κ1) is 29.4. The molecule has 0 aliphatic carbocycles. The molecule has 0 aliphatic heterocycles. The summed E-state index contributed by atoms with van der Waals surface area (Å²) < 4.78 is 106. The minimum absolute atomic E-state index is 0.00112. The second kappa shape index (κ2) is 13.2. The van der Waals surface area contributed by atoms with Gasteiger partial charge in [0.15, 0.2) is 17.4 Å². The van der Waals surface area contributed by atoms with E-state index in [2.05, 4.69) is 4.74 Å². The Balaban J connectivity index is 1.43. The Hall–Kier alpha value is -3.59. The Bertz CT molecular complexity index is 1440. The number of hydrogen-bond acceptors (Lipinski definition) is 2. The molecule has 0 saturated heterocycles. The third-order valence-corrected chi connectivity index (χ3v) is 6.72. The maximum absolute atomic E-state index is 15.2. The van der Waals surface area contributed by atoms with Gasteiger partial charge in [0.25, 0.3) is 0 Å². The van der Waals surface area contributed by atoms with Gasteiger partial charge in [-0.15, -0.1) is 0 Å². The van der Waals surface area contributed by atoms with Crippen LogP contribution in [0.2, 0.25) is 0 Å². The standard InChI is InChI=1S/C31H27F7O2/c1-39-12-2-3-19-14-25(32)24(26(33)15-19)11-6-18-5-10-23-22(13-18)9-8-21(29(23)36)7-4-20-16-27(34)30(28(35)17-20)40-31(37)38/h5,8-10,13-17,31H,2-4,6-7,11-12H2,1H3. The SMILES string of the molecule is COCCCc1cc(F)c(CCc2ccc3c(F)c(CCc4cc(F)c(OC(F)F)c(F)c4)ccc3c2)c(F)c1. The summed E-state index contributed by atoms with van der Waals surface area (Å²) in [7, 11) is 1.57. The van der Waals surface area contributed by atoms with Crippen LogP contribution in [-0.4, -0.2) is 20.3 Å². The number of benzene rings is 4. The van der Waals surface area contributed by atoms with Gasteiger partial charge in [-0.1, -0.05) is 30.3 Å². The van der Waals surface area contributed by atoms with Crippen molar-refractivity contribution in [3.8, 4) is 5.75 Å². The number of hydrogen-bond donors (Lipinski definition) is 0. The number of halogens is 7. The maximum Gasteiger partial charge on any atom is 0.387 e. The van der Waals surface area contributed by atoms with E-state index in [4.69, 9.17) is 4.74 Å². The molecule has 4 aromatic carbocycles. The summed E-state index contributed by atoms with van der Waals surface area (Å²) in [6.07, 6.45) is 1.82. The van der Waals surface area contributed by atoms with E-state index in [9.17, 15) is 26.3 Å². The van der Waals surface area contributed by atoms with Crippen LogP contribution < -0.4 is 4.74 Å². The van der Waals surface area contributed by atoms with Crippen LogP contribution in [0.5, 0.6) is 5.75 Å². The van der Waals surface area contributed by atoms with Crippen molar-refractivity contribution in [3.05, 3.63) is 112 Å². The van der Waals surface area contributed by atoms with E-state index in [0.29, 0.717) is 47.8 Å². The number of aryl methyl sites for hydroxylation is 4. The minimum Gasteiger partial charge on any atom is -0.429 e. The van der Waals surface area contributed by atoms with Gasteiger partial charge in [-0.3, -0.25) is 0 Å². The molecule has 2 nitrogen and oxygen atoms in total. The summed E-state index contributed by atoms with van der Waals surface area (Å²) in [5, 5.41) is 0.927. The third kappa shape index (κ3) is 7.13. The lowest BCUT2D eigenvalue weighted by Crippen LogP contribution is -2.06. The smallest absolute Gasteiger partial charge is 0.387 e. The van der Waals surface area contributed by atoms with Gasteiger partial charge in [-0.05, 0) is 90.4 Å². The van der Waals surface area contributed by atoms with E-state index >= 15 is 4.39 Å². The van der Waals surface area contributed by atoms with E-state index in [1.165, 1.54) is 12.1 Å². The van der Waals surface area contributed by atoms with Gasteiger partial charge >= 0.3 is 6.61 Å². The lowest BCUT2D eigenvalue weighted by atomic mass is 9.96. The second-order valence-electron chi connectivity index (χ2n) is 9.50. The van der Waals surface area contributed by atoms with Gasteiger partial charge in [0.2, 0.25) is 0 Å². The maximum atomic E-state index is 15.2. The summed E-state index contributed by atoms with van der Waals surface area (Å²) in [5.74, 6) is -5.38. The van der Waals surface area contributed by atoms with E-state index in [1.54, 1.807) is 37.4 Å². The average Bonchev–Trinajstić information content (AvgIpc) is 2.90. The number of alkyl halides is 2. The highest BCUT2D eigenvalue weighted by Crippen LogP contribution is 2.28. The molecule has 0 atom stereocenters. The molecular weight excluding hydrogens is 537 g/mol. The van der Waals surface area contributed by atoms with Gasteiger partial charge in [0.1, 0.15) is 17.5 Å². The zero-order valence-corrected chi connectivity index (χ0v) is 21.7. The van der Waals surface area contributed by atoms with Crippen LogP contribution in [0.15, 0.2) is 54.6 Å². The van der Waals surface area contributed by atoms with E-state index in [0.717, 1.165) is 17.7 Å². The third-order valence-electron chi connectivity index (χ3n) is 6.72. The molecule has 0 spiro atoms. The van der Waals surface area contributed by atoms with E-state index < -0.39 is 41.4 Å². The Morgan fingerprint density at radius 2 is 1.27 bits per heavy atom. The number of ether oxygens (including phenoxy) is 2. The fraction of sp³-hybridized carbons (Fsp3) is 0.290. The normalized spacial score (nSPS) is 11.5. The van der Waals surface area contributed by atoms with Crippen molar-refractivity contribution in [2.24, 2.45) is 0 Å². The molecule has 0 bridgehead atoms. The van der Waals surface area contributed by atoms with Gasteiger partial charge in [-0.25, -0.2) is 22.0 Å². The first-order valence-electron chi connectivity index (χ1n) is 12.7. The monoisotopic (exact) mass is 564 g/mol. The highest BCUT2D eigenvalue weighted by molar-refractivity contribution is 5.84. The Morgan fingerprint density at radius 3 is 1.93 bits per heavy atom. The van der Waals surface area contributed by atoms with Crippen molar-refractivity contribution >= 4 is 10.8 Å². The number of methoxy groups -OCH3 is 1. The van der Waals surface area contributed by atoms with Gasteiger partial charge in [0.05, 0.1) is 0 Å². The summed E-state index contributed by atoms with van der Waals surface area (Å²) in [5.41, 5.74) is 1.82. The van der Waals surface area contributed by atoms with Crippen LogP contribution in [0, 0.1) is 29.1 Å². The molecule has 0 aliphatic rings. The van der Waals surface area contributed by atoms with Crippen LogP contribution in [-0.2, 0) is 36.8 Å². The predicted octanol–water partition coefficient (Wildman–Crippen LogP) is 8.29. The molecule has 9 heteroatoms. The van der Waals surface area contributed by atoms with Crippen molar-refractivity contribution in [1.82, 2.24) is 0 Å². The predicted molar refractivity (Wildman–Crippen MR) is 138 cm³/mol. The van der Waals surface area contributed by atoms with Crippen LogP contribution in [0.1, 0.15) is 34.2 Å². The minimum atomic E-state index is -3.37. The molecule has 0 saturated carbocycles. The second-order valence-corrected chi connectivity index (χ2v) is 9.50. The molecule has 0 amide bonds. The summed E-state index contributed by atoms with van der Waals surface area (Å²) in [4.78, 5) is 0. The average molecular weight is 565 g/mol. The fourth-order valence-corrected chi connectivity index (χ4v) is 4.70. The molecule has 4 rings (SSSR count). The molecule has 0 heterocycles. The van der Waals surface area contributed by atoms with Crippen molar-refractivity contribution in [1.29, 1.82) is 0 Å². The van der Waals surface area contributed by atoms with Crippen LogP contribution in [0.4, 0.5) is 30.7 Å². The molecule has 0 radical (unpaired) electrons. The summed E-state index contributed by atoms with van der Waals surface area (Å²) in [6.45, 7) is -2.86. The van der Waals surface area contributed by atoms with Crippen molar-refractivity contribution in [2.45, 2.75) is 45.1 Å². The number of rotatable bonds is 12. The van der Waals surface area contributed by atoms with Crippen LogP contribution in [0.3, 0.4) is 0 Å². The van der Waals surface area contributed by atoms with Crippen LogP contribution in [0.25, 0.3) is 10.8 Å². The lowest BCUT2D eigenvalue weighted by molar-refractivity contribution is -0.0546. The molecule has 0 N–H and O–H groups in total. The fourth-order valence-electron chi connectivity index (χ4n) is 4.70. The van der Waals surface area contributed by atoms with Crippen LogP contribution >= 0.6 is 0 Å². The van der Waals surface area contributed by atoms with E-state index in [-0.39, 0.29) is 30.4 Å². The zero-order chi connectivity index (χ0) is 28.8. The highest BCUT2D eigenvalue weighted by atomic mass is 19.3. The zero-order valence-electron chi connectivity index (χ0n) is 21.7. The quantitative estimate of drug-likeness (QED) is 0.127. The van der Waals surface area contributed by atoms with Gasteiger partial charge in [0, 0.05) is 24.7 Å². The first-order chi connectivity index (χ1) is 19.2. The lowest BCUT2D eigenvalue weighted by Gasteiger charge is -2.11. The molecule has 40 heavy (non-hydrogen) atoms. The van der Waals surface area contributed by atoms with Gasteiger partial charge in [-0.2, -0.15) is 8.78 Å². The highest BCUT2D eigenvalue weighted by Gasteiger charge is 2.18. The topological polar surface area (TPSA) is 18.5 Å². The van der Waals surface area contributed by atoms with Crippen molar-refractivity contribution in [2.75, 3.05) is 13.7 Å². The molecule has 0 unspecified atom stereocenters. The molecule has 0 aromatic heterocycles. The summed E-state index contributed by atoms with van der Waals surface area (Å²) >= 11 is 0. The summed E-state index contributed by atoms with van der Waals surface area (Å²) in [6, 6.07) is 12.8. The molecule has 0 fully saturated rings. The van der Waals surface area contributed by atoms with Crippen molar-refractivity contribution in [3.63, 3.8) is 0 Å². The van der Waals surface area contributed by atoms with E-state index in [1.807, 2.05) is 0 Å². The molecule has 4 aromatic rings. The van der Waals surface area contributed by atoms with Crippen molar-refractivity contribution < 1.29 is 40.2 Å². The first-order valence-corrected chi connectivity index (χ1v) is 12.7. The Labute approximate surface area is 227 Å². The largest absolute Gasteiger partial charge is 0.429 e. The molecular formula is C31H27F7O2.